The number of ketones is 1. The third kappa shape index (κ3) is 3.77. The number of benzene rings is 1. The molecule has 4 nitrogen and oxygen atoms in total. The molecular formula is C14H17FO4. The molecule has 0 aromatic heterocycles. The number of carboxylic acid groups (broad SMARTS) is 1. The van der Waals surface area contributed by atoms with E-state index in [-0.39, 0.29) is 24.2 Å². The normalized spacial score (nSPS) is 11.2. The lowest BCUT2D eigenvalue weighted by atomic mass is 9.86. The predicted molar refractivity (Wildman–Crippen MR) is 67.9 cm³/mol. The summed E-state index contributed by atoms with van der Waals surface area (Å²) in [5.41, 5.74) is -0.848. The van der Waals surface area contributed by atoms with Crippen molar-refractivity contribution in [3.8, 4) is 5.75 Å². The summed E-state index contributed by atoms with van der Waals surface area (Å²) in [6.45, 7) is 3.09. The number of hydrogen-bond acceptors (Lipinski definition) is 3. The molecule has 1 aromatic rings. The molecular weight excluding hydrogens is 251 g/mol. The van der Waals surface area contributed by atoms with Gasteiger partial charge in [0.05, 0.1) is 18.1 Å². The van der Waals surface area contributed by atoms with Gasteiger partial charge in [0.15, 0.2) is 5.78 Å². The zero-order chi connectivity index (χ0) is 14.6. The van der Waals surface area contributed by atoms with Crippen molar-refractivity contribution in [2.45, 2.75) is 26.7 Å². The summed E-state index contributed by atoms with van der Waals surface area (Å²) in [7, 11) is 1.39. The van der Waals surface area contributed by atoms with Crippen molar-refractivity contribution < 1.29 is 23.8 Å². The SMILES string of the molecule is COc1ccc(F)cc1C(=O)CCC(C)(C)C(=O)O. The Hall–Kier alpha value is -1.91. The number of methoxy groups -OCH3 is 1. The average Bonchev–Trinajstić information content (AvgIpc) is 2.35. The van der Waals surface area contributed by atoms with Gasteiger partial charge in [0.1, 0.15) is 11.6 Å². The fraction of sp³-hybridized carbons (Fsp3) is 0.429. The van der Waals surface area contributed by atoms with Crippen molar-refractivity contribution in [2.24, 2.45) is 5.41 Å². The van der Waals surface area contributed by atoms with Crippen LogP contribution in [0.3, 0.4) is 0 Å². The minimum Gasteiger partial charge on any atom is -0.496 e. The fourth-order valence-corrected chi connectivity index (χ4v) is 1.57. The van der Waals surface area contributed by atoms with Gasteiger partial charge in [0.25, 0.3) is 0 Å². The lowest BCUT2D eigenvalue weighted by Crippen LogP contribution is -2.24. The number of aliphatic carboxylic acids is 1. The molecule has 1 rings (SSSR count). The lowest BCUT2D eigenvalue weighted by Gasteiger charge is -2.18. The van der Waals surface area contributed by atoms with E-state index in [0.717, 1.165) is 6.07 Å². The number of carboxylic acids is 1. The highest BCUT2D eigenvalue weighted by molar-refractivity contribution is 5.98. The molecule has 0 bridgehead atoms. The van der Waals surface area contributed by atoms with E-state index in [1.54, 1.807) is 13.8 Å². The van der Waals surface area contributed by atoms with Gasteiger partial charge in [-0.05, 0) is 38.5 Å². The van der Waals surface area contributed by atoms with Gasteiger partial charge < -0.3 is 9.84 Å². The first kappa shape index (κ1) is 15.1. The van der Waals surface area contributed by atoms with Crippen molar-refractivity contribution in [1.82, 2.24) is 0 Å². The number of ether oxygens (including phenoxy) is 1. The molecule has 0 amide bonds. The minimum atomic E-state index is -0.990. The van der Waals surface area contributed by atoms with Gasteiger partial charge in [-0.2, -0.15) is 0 Å². The van der Waals surface area contributed by atoms with Crippen LogP contribution in [0.5, 0.6) is 5.75 Å². The van der Waals surface area contributed by atoms with Crippen LogP contribution in [0.4, 0.5) is 4.39 Å². The van der Waals surface area contributed by atoms with Gasteiger partial charge in [-0.1, -0.05) is 0 Å². The van der Waals surface area contributed by atoms with Gasteiger partial charge in [-0.25, -0.2) is 4.39 Å². The number of carbonyl (C=O) groups excluding carboxylic acids is 1. The second kappa shape index (κ2) is 5.82. The van der Waals surface area contributed by atoms with E-state index in [4.69, 9.17) is 9.84 Å². The average molecular weight is 268 g/mol. The van der Waals surface area contributed by atoms with Crippen LogP contribution in [-0.4, -0.2) is 24.0 Å². The van der Waals surface area contributed by atoms with Crippen LogP contribution < -0.4 is 4.74 Å². The first-order valence-corrected chi connectivity index (χ1v) is 5.88. The molecule has 1 aromatic carbocycles. The van der Waals surface area contributed by atoms with E-state index >= 15 is 0 Å². The van der Waals surface area contributed by atoms with E-state index in [9.17, 15) is 14.0 Å². The van der Waals surface area contributed by atoms with Crippen molar-refractivity contribution in [3.63, 3.8) is 0 Å². The third-order valence-electron chi connectivity index (χ3n) is 3.02. The summed E-state index contributed by atoms with van der Waals surface area (Å²) >= 11 is 0. The summed E-state index contributed by atoms with van der Waals surface area (Å²) in [5, 5.41) is 8.97. The summed E-state index contributed by atoms with van der Waals surface area (Å²) < 4.78 is 18.1. The summed E-state index contributed by atoms with van der Waals surface area (Å²) in [6.07, 6.45) is 0.208. The second-order valence-electron chi connectivity index (χ2n) is 4.96. The molecule has 0 aliphatic rings. The van der Waals surface area contributed by atoms with Crippen LogP contribution >= 0.6 is 0 Å². The standard InChI is InChI=1S/C14H17FO4/c1-14(2,13(17)18)7-6-11(16)10-8-9(15)4-5-12(10)19-3/h4-5,8H,6-7H2,1-3H3,(H,17,18). The molecule has 1 N–H and O–H groups in total. The van der Waals surface area contributed by atoms with E-state index in [0.29, 0.717) is 5.75 Å². The third-order valence-corrected chi connectivity index (χ3v) is 3.02. The quantitative estimate of drug-likeness (QED) is 0.806. The molecule has 0 saturated heterocycles. The van der Waals surface area contributed by atoms with Gasteiger partial charge >= 0.3 is 5.97 Å². The zero-order valence-electron chi connectivity index (χ0n) is 11.2. The Labute approximate surface area is 111 Å². The molecule has 5 heteroatoms. The minimum absolute atomic E-state index is 0.0269. The monoisotopic (exact) mass is 268 g/mol. The number of carbonyl (C=O) groups is 2. The zero-order valence-corrected chi connectivity index (χ0v) is 11.2. The van der Waals surface area contributed by atoms with Gasteiger partial charge in [-0.15, -0.1) is 0 Å². The Balaban J connectivity index is 2.84. The molecule has 0 saturated carbocycles. The lowest BCUT2D eigenvalue weighted by molar-refractivity contribution is -0.147. The predicted octanol–water partition coefficient (Wildman–Crippen LogP) is 2.91. The summed E-state index contributed by atoms with van der Waals surface area (Å²) in [5.74, 6) is -1.53. The number of rotatable bonds is 6. The maximum absolute atomic E-state index is 13.1. The maximum Gasteiger partial charge on any atom is 0.309 e. The molecule has 0 atom stereocenters. The van der Waals surface area contributed by atoms with Crippen LogP contribution in [0, 0.1) is 11.2 Å². The maximum atomic E-state index is 13.1. The van der Waals surface area contributed by atoms with Crippen molar-refractivity contribution in [1.29, 1.82) is 0 Å². The van der Waals surface area contributed by atoms with Crippen LogP contribution in [0.1, 0.15) is 37.0 Å². The highest BCUT2D eigenvalue weighted by atomic mass is 19.1. The van der Waals surface area contributed by atoms with Crippen molar-refractivity contribution in [3.05, 3.63) is 29.6 Å². The summed E-state index contributed by atoms with van der Waals surface area (Å²) in [6, 6.07) is 3.69. The second-order valence-corrected chi connectivity index (χ2v) is 4.96. The van der Waals surface area contributed by atoms with Gasteiger partial charge in [0, 0.05) is 6.42 Å². The first-order chi connectivity index (χ1) is 8.77. The molecule has 19 heavy (non-hydrogen) atoms. The Morgan fingerprint density at radius 3 is 2.53 bits per heavy atom. The van der Waals surface area contributed by atoms with E-state index in [1.807, 2.05) is 0 Å². The van der Waals surface area contributed by atoms with Crippen molar-refractivity contribution >= 4 is 11.8 Å². The molecule has 0 radical (unpaired) electrons. The fourth-order valence-electron chi connectivity index (χ4n) is 1.57. The highest BCUT2D eigenvalue weighted by Crippen LogP contribution is 2.26. The summed E-state index contributed by atoms with van der Waals surface area (Å²) in [4.78, 5) is 23.0. The molecule has 104 valence electrons. The van der Waals surface area contributed by atoms with Crippen molar-refractivity contribution in [2.75, 3.05) is 7.11 Å². The topological polar surface area (TPSA) is 63.6 Å². The molecule has 0 heterocycles. The van der Waals surface area contributed by atoms with E-state index < -0.39 is 17.2 Å². The molecule has 0 unspecified atom stereocenters. The molecule has 0 spiro atoms. The van der Waals surface area contributed by atoms with Crippen LogP contribution in [0.25, 0.3) is 0 Å². The number of halogens is 1. The van der Waals surface area contributed by atoms with Gasteiger partial charge in [0.2, 0.25) is 0 Å². The molecule has 0 aliphatic heterocycles. The smallest absolute Gasteiger partial charge is 0.309 e. The first-order valence-electron chi connectivity index (χ1n) is 5.88. The Morgan fingerprint density at radius 2 is 2.00 bits per heavy atom. The number of hydrogen-bond donors (Lipinski definition) is 1. The number of Topliss-reactive ketones (excluding diaryl/α,β-unsaturated/α-hetero) is 1. The Kier molecular flexibility index (Phi) is 4.64. The van der Waals surface area contributed by atoms with Crippen LogP contribution in [0.15, 0.2) is 18.2 Å². The Bertz CT molecular complexity index is 494. The Morgan fingerprint density at radius 1 is 1.37 bits per heavy atom. The highest BCUT2D eigenvalue weighted by Gasteiger charge is 2.28. The van der Waals surface area contributed by atoms with Crippen LogP contribution in [0.2, 0.25) is 0 Å². The van der Waals surface area contributed by atoms with E-state index in [1.165, 1.54) is 19.2 Å². The van der Waals surface area contributed by atoms with Gasteiger partial charge in [-0.3, -0.25) is 9.59 Å². The van der Waals surface area contributed by atoms with Crippen LogP contribution in [-0.2, 0) is 4.79 Å². The largest absolute Gasteiger partial charge is 0.496 e. The van der Waals surface area contributed by atoms with E-state index in [2.05, 4.69) is 0 Å². The molecule has 0 fully saturated rings. The molecule has 0 aliphatic carbocycles.